The second kappa shape index (κ2) is 8.32. The van der Waals surface area contributed by atoms with E-state index in [0.717, 1.165) is 29.3 Å². The first kappa shape index (κ1) is 18.7. The summed E-state index contributed by atoms with van der Waals surface area (Å²) in [6.45, 7) is 7.98. The van der Waals surface area contributed by atoms with Gasteiger partial charge in [0.05, 0.1) is 0 Å². The lowest BCUT2D eigenvalue weighted by Gasteiger charge is -2.23. The number of rotatable bonds is 7. The van der Waals surface area contributed by atoms with E-state index in [-0.39, 0.29) is 11.8 Å². The monoisotopic (exact) mass is 368 g/mol. The van der Waals surface area contributed by atoms with Crippen LogP contribution in [0, 0.1) is 12.3 Å². The van der Waals surface area contributed by atoms with Crippen LogP contribution in [0.25, 0.3) is 0 Å². The van der Waals surface area contributed by atoms with Gasteiger partial charge in [-0.25, -0.2) is 0 Å². The molecule has 1 aromatic carbocycles. The molecule has 0 fully saturated rings. The van der Waals surface area contributed by atoms with Gasteiger partial charge in [-0.2, -0.15) is 0 Å². The molecule has 0 heterocycles. The molecular formula is C17H25BrN2O2. The lowest BCUT2D eigenvalue weighted by Crippen LogP contribution is -2.45. The zero-order chi connectivity index (χ0) is 16.8. The van der Waals surface area contributed by atoms with E-state index in [2.05, 4.69) is 33.5 Å². The van der Waals surface area contributed by atoms with Crippen molar-refractivity contribution >= 4 is 33.4 Å². The minimum Gasteiger partial charge on any atom is -0.355 e. The topological polar surface area (TPSA) is 58.2 Å². The number of benzene rings is 1. The van der Waals surface area contributed by atoms with Crippen molar-refractivity contribution in [1.29, 1.82) is 0 Å². The zero-order valence-corrected chi connectivity index (χ0v) is 15.3. The second-order valence-electron chi connectivity index (χ2n) is 6.01. The molecule has 0 aliphatic carbocycles. The minimum atomic E-state index is -1.11. The van der Waals surface area contributed by atoms with Crippen LogP contribution in [0.1, 0.15) is 45.6 Å². The van der Waals surface area contributed by atoms with Gasteiger partial charge in [-0.05, 0) is 44.9 Å². The summed E-state index contributed by atoms with van der Waals surface area (Å²) in [5.41, 5.74) is 0.657. The maximum atomic E-state index is 12.4. The molecule has 0 aliphatic heterocycles. The van der Waals surface area contributed by atoms with Gasteiger partial charge in [0, 0.05) is 16.7 Å². The molecule has 1 rings (SSSR count). The van der Waals surface area contributed by atoms with E-state index in [0.29, 0.717) is 12.2 Å². The molecule has 122 valence electrons. The summed E-state index contributed by atoms with van der Waals surface area (Å²) in [5.74, 6) is -0.552. The molecule has 0 saturated heterocycles. The first-order chi connectivity index (χ1) is 10.3. The summed E-state index contributed by atoms with van der Waals surface area (Å²) < 4.78 is 0.923. The van der Waals surface area contributed by atoms with Crippen LogP contribution in [0.2, 0.25) is 0 Å². The number of carbonyl (C=O) groups excluding carboxylic acids is 2. The van der Waals surface area contributed by atoms with E-state index in [9.17, 15) is 9.59 Å². The van der Waals surface area contributed by atoms with Gasteiger partial charge < -0.3 is 10.6 Å². The van der Waals surface area contributed by atoms with Gasteiger partial charge in [0.25, 0.3) is 0 Å². The maximum Gasteiger partial charge on any atom is 0.239 e. The molecule has 0 saturated carbocycles. The molecule has 1 aromatic rings. The van der Waals surface area contributed by atoms with Gasteiger partial charge in [0.2, 0.25) is 11.8 Å². The first-order valence-electron chi connectivity index (χ1n) is 7.65. The molecule has 0 aromatic heterocycles. The van der Waals surface area contributed by atoms with Gasteiger partial charge in [-0.1, -0.05) is 41.8 Å². The quantitative estimate of drug-likeness (QED) is 0.563. The molecule has 4 nitrogen and oxygen atoms in total. The molecule has 0 aliphatic rings. The number of hydrogen-bond acceptors (Lipinski definition) is 2. The van der Waals surface area contributed by atoms with Crippen molar-refractivity contribution < 1.29 is 9.59 Å². The zero-order valence-electron chi connectivity index (χ0n) is 13.8. The lowest BCUT2D eigenvalue weighted by molar-refractivity contribution is -0.138. The van der Waals surface area contributed by atoms with Gasteiger partial charge in [-0.15, -0.1) is 0 Å². The van der Waals surface area contributed by atoms with Crippen molar-refractivity contribution in [1.82, 2.24) is 5.32 Å². The smallest absolute Gasteiger partial charge is 0.239 e. The molecule has 2 amide bonds. The average molecular weight is 369 g/mol. The van der Waals surface area contributed by atoms with Crippen LogP contribution < -0.4 is 10.6 Å². The normalized spacial score (nSPS) is 11.1. The van der Waals surface area contributed by atoms with Gasteiger partial charge in [0.1, 0.15) is 5.41 Å². The van der Waals surface area contributed by atoms with E-state index in [1.54, 1.807) is 13.8 Å². The van der Waals surface area contributed by atoms with E-state index in [1.165, 1.54) is 0 Å². The third kappa shape index (κ3) is 5.13. The number of nitrogens with one attached hydrogen (secondary N) is 2. The number of anilines is 1. The summed E-state index contributed by atoms with van der Waals surface area (Å²) in [5, 5.41) is 5.64. The predicted molar refractivity (Wildman–Crippen MR) is 93.8 cm³/mol. The number of halogens is 1. The highest BCUT2D eigenvalue weighted by Gasteiger charge is 2.35. The summed E-state index contributed by atoms with van der Waals surface area (Å²) in [6.07, 6.45) is 3.11. The first-order valence-corrected chi connectivity index (χ1v) is 8.44. The van der Waals surface area contributed by atoms with Crippen molar-refractivity contribution in [3.05, 3.63) is 28.2 Å². The largest absolute Gasteiger partial charge is 0.355 e. The van der Waals surface area contributed by atoms with Crippen LogP contribution in [-0.4, -0.2) is 18.4 Å². The van der Waals surface area contributed by atoms with Gasteiger partial charge in [0.15, 0.2) is 0 Å². The molecule has 0 atom stereocenters. The number of unbranched alkanes of at least 4 members (excludes halogenated alkanes) is 2. The molecule has 22 heavy (non-hydrogen) atoms. The minimum absolute atomic E-state index is 0.243. The lowest BCUT2D eigenvalue weighted by atomic mass is 9.91. The molecule has 2 N–H and O–H groups in total. The number of aryl methyl sites for hydroxylation is 1. The van der Waals surface area contributed by atoms with Crippen LogP contribution in [0.3, 0.4) is 0 Å². The molecular weight excluding hydrogens is 344 g/mol. The number of carbonyl (C=O) groups is 2. The Bertz CT molecular complexity index is 541. The summed E-state index contributed by atoms with van der Waals surface area (Å²) >= 11 is 3.43. The average Bonchev–Trinajstić information content (AvgIpc) is 2.47. The van der Waals surface area contributed by atoms with E-state index in [1.807, 2.05) is 25.1 Å². The Balaban J connectivity index is 2.64. The summed E-state index contributed by atoms with van der Waals surface area (Å²) in [6, 6.07) is 5.58. The Morgan fingerprint density at radius 1 is 1.18 bits per heavy atom. The highest BCUT2D eigenvalue weighted by atomic mass is 79.9. The fourth-order valence-electron chi connectivity index (χ4n) is 1.86. The van der Waals surface area contributed by atoms with Gasteiger partial charge >= 0.3 is 0 Å². The molecule has 5 heteroatoms. The third-order valence-corrected chi connectivity index (χ3v) is 4.49. The van der Waals surface area contributed by atoms with Crippen molar-refractivity contribution in [2.45, 2.75) is 47.0 Å². The van der Waals surface area contributed by atoms with Gasteiger partial charge in [-0.3, -0.25) is 9.59 Å². The molecule has 0 radical (unpaired) electrons. The second-order valence-corrected chi connectivity index (χ2v) is 6.86. The van der Waals surface area contributed by atoms with Crippen LogP contribution in [0.5, 0.6) is 0 Å². The SMILES string of the molecule is CCCCCNC(=O)C(C)(C)C(=O)Nc1ccc(C)c(Br)c1. The Morgan fingerprint density at radius 2 is 1.86 bits per heavy atom. The van der Waals surface area contributed by atoms with Crippen LogP contribution >= 0.6 is 15.9 Å². The maximum absolute atomic E-state index is 12.4. The van der Waals surface area contributed by atoms with Crippen molar-refractivity contribution in [3.8, 4) is 0 Å². The van der Waals surface area contributed by atoms with E-state index >= 15 is 0 Å². The van der Waals surface area contributed by atoms with Crippen molar-refractivity contribution in [2.24, 2.45) is 5.41 Å². The van der Waals surface area contributed by atoms with E-state index in [4.69, 9.17) is 0 Å². The Labute approximate surface area is 141 Å². The Kier molecular flexibility index (Phi) is 7.07. The molecule has 0 bridgehead atoms. The summed E-state index contributed by atoms with van der Waals surface area (Å²) in [7, 11) is 0. The standard InChI is InChI=1S/C17H25BrN2O2/c1-5-6-7-10-19-15(21)17(3,4)16(22)20-13-9-8-12(2)14(18)11-13/h8-9,11H,5-7,10H2,1-4H3,(H,19,21)(H,20,22). The van der Waals surface area contributed by atoms with E-state index < -0.39 is 5.41 Å². The Morgan fingerprint density at radius 3 is 2.45 bits per heavy atom. The molecule has 0 unspecified atom stereocenters. The van der Waals surface area contributed by atoms with Crippen molar-refractivity contribution in [3.63, 3.8) is 0 Å². The number of hydrogen-bond donors (Lipinski definition) is 2. The number of amides is 2. The van der Waals surface area contributed by atoms with Crippen LogP contribution in [0.4, 0.5) is 5.69 Å². The fraction of sp³-hybridized carbons (Fsp3) is 0.529. The van der Waals surface area contributed by atoms with Crippen molar-refractivity contribution in [2.75, 3.05) is 11.9 Å². The fourth-order valence-corrected chi connectivity index (χ4v) is 2.24. The van der Waals surface area contributed by atoms with Crippen LogP contribution in [0.15, 0.2) is 22.7 Å². The highest BCUT2D eigenvalue weighted by Crippen LogP contribution is 2.23. The predicted octanol–water partition coefficient (Wildman–Crippen LogP) is 4.03. The highest BCUT2D eigenvalue weighted by molar-refractivity contribution is 9.10. The Hall–Kier alpha value is -1.36. The molecule has 0 spiro atoms. The third-order valence-electron chi connectivity index (χ3n) is 3.63. The summed E-state index contributed by atoms with van der Waals surface area (Å²) in [4.78, 5) is 24.6. The van der Waals surface area contributed by atoms with Crippen LogP contribution in [-0.2, 0) is 9.59 Å².